The molecule has 0 N–H and O–H groups in total. The molecule has 6 nitrogen and oxygen atoms in total. The van der Waals surface area contributed by atoms with Crippen molar-refractivity contribution in [3.63, 3.8) is 0 Å². The van der Waals surface area contributed by atoms with E-state index in [4.69, 9.17) is 23.7 Å². The lowest BCUT2D eigenvalue weighted by molar-refractivity contribution is -0.181. The average molecular weight is 362 g/mol. The molecule has 1 aromatic rings. The molecule has 2 fully saturated rings. The number of benzene rings is 1. The van der Waals surface area contributed by atoms with Crippen LogP contribution in [0.4, 0.5) is 0 Å². The van der Waals surface area contributed by atoms with Crippen LogP contribution in [0.15, 0.2) is 24.3 Å². The molecule has 2 saturated heterocycles. The van der Waals surface area contributed by atoms with Crippen molar-refractivity contribution >= 4 is 12.0 Å². The molecule has 1 aromatic carbocycles. The molecule has 6 heteroatoms. The van der Waals surface area contributed by atoms with Gasteiger partial charge in [0.15, 0.2) is 17.8 Å². The van der Waals surface area contributed by atoms with Crippen molar-refractivity contribution in [2.75, 3.05) is 20.3 Å². The summed E-state index contributed by atoms with van der Waals surface area (Å²) in [5.74, 6) is 0.826. The van der Waals surface area contributed by atoms with Crippen LogP contribution in [0.3, 0.4) is 0 Å². The van der Waals surface area contributed by atoms with Crippen LogP contribution in [-0.2, 0) is 19.0 Å². The molecule has 0 aromatic heterocycles. The highest BCUT2D eigenvalue weighted by atomic mass is 16.7. The number of esters is 1. The second-order valence-electron chi connectivity index (χ2n) is 6.39. The summed E-state index contributed by atoms with van der Waals surface area (Å²) < 4.78 is 27.6. The SMILES string of the molecule is COc1cc(/C=C/C(=O)O[C@@H]2CCCCO2)ccc1O[C@@H]1CCCCO1. The fourth-order valence-electron chi connectivity index (χ4n) is 2.97. The van der Waals surface area contributed by atoms with Crippen molar-refractivity contribution in [1.29, 1.82) is 0 Å². The van der Waals surface area contributed by atoms with Gasteiger partial charge in [-0.3, -0.25) is 0 Å². The first-order chi connectivity index (χ1) is 12.7. The molecule has 0 spiro atoms. The minimum atomic E-state index is -0.429. The molecule has 0 radical (unpaired) electrons. The first-order valence-electron chi connectivity index (χ1n) is 9.21. The molecule has 2 heterocycles. The molecule has 2 aliphatic rings. The lowest BCUT2D eigenvalue weighted by Gasteiger charge is -2.24. The maximum atomic E-state index is 11.9. The van der Waals surface area contributed by atoms with Gasteiger partial charge in [-0.05, 0) is 49.5 Å². The smallest absolute Gasteiger partial charge is 0.333 e. The van der Waals surface area contributed by atoms with Gasteiger partial charge < -0.3 is 23.7 Å². The van der Waals surface area contributed by atoms with E-state index in [1.807, 2.05) is 18.2 Å². The number of rotatable bonds is 6. The van der Waals surface area contributed by atoms with E-state index in [0.717, 1.165) is 50.7 Å². The molecule has 142 valence electrons. The van der Waals surface area contributed by atoms with E-state index in [1.165, 1.54) is 6.08 Å². The molecule has 26 heavy (non-hydrogen) atoms. The van der Waals surface area contributed by atoms with E-state index in [-0.39, 0.29) is 6.29 Å². The topological polar surface area (TPSA) is 63.2 Å². The average Bonchev–Trinajstić information content (AvgIpc) is 2.69. The van der Waals surface area contributed by atoms with Crippen molar-refractivity contribution in [2.45, 2.75) is 51.1 Å². The molecule has 2 aliphatic heterocycles. The number of ether oxygens (including phenoxy) is 5. The van der Waals surface area contributed by atoms with Crippen molar-refractivity contribution in [3.05, 3.63) is 29.8 Å². The molecular weight excluding hydrogens is 336 g/mol. The lowest BCUT2D eigenvalue weighted by Crippen LogP contribution is -2.25. The minimum absolute atomic E-state index is 0.232. The van der Waals surface area contributed by atoms with Gasteiger partial charge in [-0.15, -0.1) is 0 Å². The highest BCUT2D eigenvalue weighted by Gasteiger charge is 2.18. The van der Waals surface area contributed by atoms with Gasteiger partial charge in [0.25, 0.3) is 0 Å². The Hall–Kier alpha value is -2.05. The fraction of sp³-hybridized carbons (Fsp3) is 0.550. The Kier molecular flexibility index (Phi) is 6.91. The van der Waals surface area contributed by atoms with Crippen molar-refractivity contribution in [1.82, 2.24) is 0 Å². The van der Waals surface area contributed by atoms with Crippen molar-refractivity contribution < 1.29 is 28.5 Å². The summed E-state index contributed by atoms with van der Waals surface area (Å²) in [5, 5.41) is 0. The van der Waals surface area contributed by atoms with Crippen molar-refractivity contribution in [2.24, 2.45) is 0 Å². The molecule has 0 aliphatic carbocycles. The number of carbonyl (C=O) groups excluding carboxylic acids is 1. The zero-order valence-corrected chi connectivity index (χ0v) is 15.1. The summed E-state index contributed by atoms with van der Waals surface area (Å²) in [6.07, 6.45) is 8.26. The Bertz CT molecular complexity index is 615. The van der Waals surface area contributed by atoms with Gasteiger partial charge in [0.2, 0.25) is 6.29 Å². The van der Waals surface area contributed by atoms with Gasteiger partial charge in [0.1, 0.15) is 0 Å². The number of carbonyl (C=O) groups is 1. The van der Waals surface area contributed by atoms with Gasteiger partial charge in [-0.2, -0.15) is 0 Å². The van der Waals surface area contributed by atoms with Crippen molar-refractivity contribution in [3.8, 4) is 11.5 Å². The number of methoxy groups -OCH3 is 1. The van der Waals surface area contributed by atoms with Crippen LogP contribution in [0.1, 0.15) is 44.1 Å². The third-order valence-corrected chi connectivity index (χ3v) is 4.38. The molecule has 0 amide bonds. The number of hydrogen-bond acceptors (Lipinski definition) is 6. The summed E-state index contributed by atoms with van der Waals surface area (Å²) in [4.78, 5) is 11.9. The monoisotopic (exact) mass is 362 g/mol. The van der Waals surface area contributed by atoms with Crippen LogP contribution in [0, 0.1) is 0 Å². The molecule has 0 bridgehead atoms. The van der Waals surface area contributed by atoms with Crippen LogP contribution >= 0.6 is 0 Å². The second-order valence-corrected chi connectivity index (χ2v) is 6.39. The summed E-state index contributed by atoms with van der Waals surface area (Å²) >= 11 is 0. The van der Waals surface area contributed by atoms with E-state index >= 15 is 0 Å². The van der Waals surface area contributed by atoms with Gasteiger partial charge in [0, 0.05) is 18.9 Å². The predicted molar refractivity (Wildman–Crippen MR) is 95.9 cm³/mol. The fourth-order valence-corrected chi connectivity index (χ4v) is 2.97. The quantitative estimate of drug-likeness (QED) is 0.568. The van der Waals surface area contributed by atoms with E-state index < -0.39 is 12.3 Å². The zero-order valence-electron chi connectivity index (χ0n) is 15.1. The molecular formula is C20H26O6. The predicted octanol–water partition coefficient (Wildman–Crippen LogP) is 3.68. The third kappa shape index (κ3) is 5.47. The number of hydrogen-bond donors (Lipinski definition) is 0. The Labute approximate surface area is 154 Å². The molecule has 3 rings (SSSR count). The van der Waals surface area contributed by atoms with E-state index in [1.54, 1.807) is 13.2 Å². The van der Waals surface area contributed by atoms with Gasteiger partial charge in [-0.1, -0.05) is 6.07 Å². The summed E-state index contributed by atoms with van der Waals surface area (Å²) in [5.41, 5.74) is 0.820. The minimum Gasteiger partial charge on any atom is -0.493 e. The maximum Gasteiger partial charge on any atom is 0.333 e. The summed E-state index contributed by atoms with van der Waals surface area (Å²) in [7, 11) is 1.59. The summed E-state index contributed by atoms with van der Waals surface area (Å²) in [6, 6.07) is 5.51. The largest absolute Gasteiger partial charge is 0.493 e. The second kappa shape index (κ2) is 9.59. The highest BCUT2D eigenvalue weighted by molar-refractivity contribution is 5.87. The Morgan fingerprint density at radius 1 is 1.04 bits per heavy atom. The Balaban J connectivity index is 1.58. The van der Waals surface area contributed by atoms with Crippen LogP contribution in [0.2, 0.25) is 0 Å². The molecule has 0 saturated carbocycles. The summed E-state index contributed by atoms with van der Waals surface area (Å²) in [6.45, 7) is 1.37. The normalized spacial score (nSPS) is 23.6. The van der Waals surface area contributed by atoms with E-state index in [2.05, 4.69) is 0 Å². The Morgan fingerprint density at radius 3 is 2.42 bits per heavy atom. The van der Waals surface area contributed by atoms with Crippen LogP contribution < -0.4 is 9.47 Å². The van der Waals surface area contributed by atoms with Gasteiger partial charge in [0.05, 0.1) is 20.3 Å². The van der Waals surface area contributed by atoms with Crippen LogP contribution in [0.5, 0.6) is 11.5 Å². The van der Waals surface area contributed by atoms with Gasteiger partial charge in [-0.25, -0.2) is 4.79 Å². The first kappa shape index (κ1) is 18.7. The highest BCUT2D eigenvalue weighted by Crippen LogP contribution is 2.31. The van der Waals surface area contributed by atoms with E-state index in [9.17, 15) is 4.79 Å². The standard InChI is InChI=1S/C20H26O6/c1-22-17-14-15(8-10-16(17)25-19-6-2-4-12-23-19)9-11-18(21)26-20-7-3-5-13-24-20/h8-11,14,19-20H,2-7,12-13H2,1H3/b11-9+/t19-,20-/m1/s1. The van der Waals surface area contributed by atoms with E-state index in [0.29, 0.717) is 18.1 Å². The Morgan fingerprint density at radius 2 is 1.77 bits per heavy atom. The maximum absolute atomic E-state index is 11.9. The first-order valence-corrected chi connectivity index (χ1v) is 9.21. The molecule has 2 atom stereocenters. The zero-order chi connectivity index (χ0) is 18.2. The molecule has 0 unspecified atom stereocenters. The van der Waals surface area contributed by atoms with Gasteiger partial charge >= 0.3 is 5.97 Å². The van der Waals surface area contributed by atoms with Crippen LogP contribution in [0.25, 0.3) is 6.08 Å². The third-order valence-electron chi connectivity index (χ3n) is 4.38. The lowest BCUT2D eigenvalue weighted by atomic mass is 10.1. The van der Waals surface area contributed by atoms with Crippen LogP contribution in [-0.4, -0.2) is 38.9 Å².